The second-order valence-corrected chi connectivity index (χ2v) is 17.6. The number of hydrogen-bond acceptors (Lipinski definition) is 2. The minimum atomic E-state index is -0.567. The van der Waals surface area contributed by atoms with Crippen molar-refractivity contribution in [1.82, 2.24) is 4.57 Å². The highest BCUT2D eigenvalue weighted by Gasteiger charge is 2.52. The number of anilines is 3. The van der Waals surface area contributed by atoms with E-state index in [9.17, 15) is 0 Å². The van der Waals surface area contributed by atoms with E-state index in [0.29, 0.717) is 0 Å². The summed E-state index contributed by atoms with van der Waals surface area (Å²) in [5.41, 5.74) is 19.3. The monoisotopic (exact) mass is 806 g/mol. The highest BCUT2D eigenvalue weighted by Crippen LogP contribution is 2.64. The predicted molar refractivity (Wildman–Crippen MR) is 257 cm³/mol. The molecule has 1 aliphatic heterocycles. The van der Waals surface area contributed by atoms with Gasteiger partial charge in [-0.15, -0.1) is 0 Å². The lowest BCUT2D eigenvalue weighted by molar-refractivity contribution is 0.709. The lowest BCUT2D eigenvalue weighted by Crippen LogP contribution is -2.33. The minimum Gasteiger partial charge on any atom is -0.310 e. The van der Waals surface area contributed by atoms with Gasteiger partial charge >= 0.3 is 0 Å². The fourth-order valence-electron chi connectivity index (χ4n) is 10.8. The van der Waals surface area contributed by atoms with Crippen molar-refractivity contribution in [1.29, 1.82) is 0 Å². The molecule has 1 unspecified atom stereocenters. The Labute approximate surface area is 366 Å². The van der Waals surface area contributed by atoms with Crippen LogP contribution in [-0.4, -0.2) is 4.57 Å². The molecule has 0 radical (unpaired) electrons. The zero-order valence-corrected chi connectivity index (χ0v) is 34.7. The Morgan fingerprint density at radius 3 is 2.15 bits per heavy atom. The van der Waals surface area contributed by atoms with Crippen LogP contribution in [0.3, 0.4) is 0 Å². The fraction of sp³-hybridized carbons (Fsp3) is 0.0508. The predicted octanol–water partition coefficient (Wildman–Crippen LogP) is 15.3. The Morgan fingerprint density at radius 1 is 0.548 bits per heavy atom. The first kappa shape index (κ1) is 35.3. The Morgan fingerprint density at radius 2 is 1.26 bits per heavy atom. The summed E-state index contributed by atoms with van der Waals surface area (Å²) >= 11 is 1.86. The van der Waals surface area contributed by atoms with Crippen molar-refractivity contribution in [3.63, 3.8) is 0 Å². The molecule has 9 aromatic carbocycles. The van der Waals surface area contributed by atoms with E-state index < -0.39 is 5.41 Å². The fourth-order valence-corrected chi connectivity index (χ4v) is 11.9. The molecule has 0 saturated carbocycles. The molecule has 2 aliphatic carbocycles. The van der Waals surface area contributed by atoms with Crippen LogP contribution in [0.5, 0.6) is 0 Å². The van der Waals surface area contributed by atoms with E-state index in [2.05, 4.69) is 222 Å². The van der Waals surface area contributed by atoms with E-state index in [0.717, 1.165) is 35.6 Å². The van der Waals surface area contributed by atoms with Crippen LogP contribution >= 0.6 is 11.8 Å². The summed E-state index contributed by atoms with van der Waals surface area (Å²) in [6, 6.07) is 78.8. The highest BCUT2D eigenvalue weighted by molar-refractivity contribution is 7.99. The van der Waals surface area contributed by atoms with Crippen molar-refractivity contribution in [2.45, 2.75) is 28.0 Å². The van der Waals surface area contributed by atoms with E-state index >= 15 is 0 Å². The molecule has 13 rings (SSSR count). The third kappa shape index (κ3) is 5.08. The van der Waals surface area contributed by atoms with Gasteiger partial charge in [0, 0.05) is 48.9 Å². The van der Waals surface area contributed by atoms with Gasteiger partial charge in [-0.05, 0) is 142 Å². The van der Waals surface area contributed by atoms with Crippen LogP contribution in [0.2, 0.25) is 0 Å². The van der Waals surface area contributed by atoms with Gasteiger partial charge in [0.25, 0.3) is 0 Å². The third-order valence-electron chi connectivity index (χ3n) is 13.3. The van der Waals surface area contributed by atoms with E-state index in [1.54, 1.807) is 0 Å². The second kappa shape index (κ2) is 13.8. The van der Waals surface area contributed by atoms with Gasteiger partial charge < -0.3 is 9.47 Å². The van der Waals surface area contributed by atoms with Gasteiger partial charge in [0.2, 0.25) is 0 Å². The number of hydrogen-bond donors (Lipinski definition) is 0. The molecule has 0 N–H and O–H groups in total. The number of rotatable bonds is 5. The molecule has 0 fully saturated rings. The van der Waals surface area contributed by atoms with Gasteiger partial charge in [-0.3, -0.25) is 0 Å². The molecule has 3 heteroatoms. The molecule has 290 valence electrons. The molecule has 0 saturated heterocycles. The molecule has 3 aliphatic rings. The Kier molecular flexibility index (Phi) is 7.83. The van der Waals surface area contributed by atoms with Crippen molar-refractivity contribution in [3.8, 4) is 27.9 Å². The molecule has 1 spiro atoms. The number of benzene rings is 8. The molecule has 0 amide bonds. The maximum absolute atomic E-state index is 3.76. The first-order valence-corrected chi connectivity index (χ1v) is 22.3. The summed E-state index contributed by atoms with van der Waals surface area (Å²) in [7, 11) is 0. The molecular formula is C59H38N2S. The molecule has 62 heavy (non-hydrogen) atoms. The lowest BCUT2D eigenvalue weighted by Gasteiger charge is -2.40. The number of aromatic nitrogens is 1. The average molecular weight is 807 g/mol. The summed E-state index contributed by atoms with van der Waals surface area (Å²) in [6.45, 7) is 0. The minimum absolute atomic E-state index is 0.567. The average Bonchev–Trinajstić information content (AvgIpc) is 3.83. The first-order chi connectivity index (χ1) is 30.8. The van der Waals surface area contributed by atoms with Gasteiger partial charge in [-0.2, -0.15) is 0 Å². The summed E-state index contributed by atoms with van der Waals surface area (Å²) in [5, 5.41) is 2.45. The van der Waals surface area contributed by atoms with Gasteiger partial charge in [-0.25, -0.2) is 0 Å². The quantitative estimate of drug-likeness (QED) is 0.171. The number of para-hydroxylation sites is 2. The van der Waals surface area contributed by atoms with Crippen molar-refractivity contribution in [2.24, 2.45) is 0 Å². The van der Waals surface area contributed by atoms with Crippen molar-refractivity contribution in [2.75, 3.05) is 4.90 Å². The molecular weight excluding hydrogens is 769 g/mol. The van der Waals surface area contributed by atoms with Gasteiger partial charge in [0.15, 0.2) is 0 Å². The summed E-state index contributed by atoms with van der Waals surface area (Å²) in [6.07, 6.45) is 6.70. The smallest absolute Gasteiger partial charge is 0.0818 e. The third-order valence-corrected chi connectivity index (χ3v) is 14.5. The van der Waals surface area contributed by atoms with Crippen LogP contribution in [0.15, 0.2) is 210 Å². The Hall–Kier alpha value is -7.51. The highest BCUT2D eigenvalue weighted by atomic mass is 32.2. The number of fused-ring (bicyclic) bond motifs is 14. The van der Waals surface area contributed by atoms with Crippen LogP contribution < -0.4 is 4.90 Å². The number of allylic oxidation sites excluding steroid dienone is 1. The second-order valence-electron chi connectivity index (χ2n) is 16.6. The maximum Gasteiger partial charge on any atom is 0.0818 e. The van der Waals surface area contributed by atoms with Crippen LogP contribution in [0.1, 0.15) is 39.8 Å². The van der Waals surface area contributed by atoms with Crippen molar-refractivity contribution >= 4 is 56.7 Å². The van der Waals surface area contributed by atoms with Crippen molar-refractivity contribution < 1.29 is 0 Å². The topological polar surface area (TPSA) is 8.17 Å². The Balaban J connectivity index is 1.08. The SMILES string of the molecule is c1ccc2c(c#1)C1(c3ccccc3S2)c2cc(N(c3ccc(-c4ccccc4)cc3)c3ccc4c(c3)c3ccccc3n4-c3ccccc3)ccc2-c2ccc3c(c21)CCC=C3. The van der Waals surface area contributed by atoms with Gasteiger partial charge in [-0.1, -0.05) is 151 Å². The zero-order valence-electron chi connectivity index (χ0n) is 33.8. The van der Waals surface area contributed by atoms with Gasteiger partial charge in [0.05, 0.1) is 16.4 Å². The standard InChI is InChI=1S/C59H38N2S/c1-3-15-39(16-4-1)40-27-30-43(31-28-40)60(44-33-36-55-50(37-44)48-21-9-12-24-54(48)61(55)42-18-5-2-6-19-42)45-32-35-47-49-34-29-41-17-7-8-20-46(41)58(49)59(53(47)38-45)51-22-10-13-25-56(51)62-57-26-14-11-23-52(57)59/h1-7,9-10,12-19,21-22,24-38H,8,20H2. The number of nitrogens with zero attached hydrogens (tertiary/aromatic N) is 2. The molecule has 2 nitrogen and oxygen atoms in total. The van der Waals surface area contributed by atoms with Gasteiger partial charge in [0.1, 0.15) is 0 Å². The van der Waals surface area contributed by atoms with E-state index in [4.69, 9.17) is 0 Å². The maximum atomic E-state index is 3.76. The van der Waals surface area contributed by atoms with E-state index in [1.807, 2.05) is 17.8 Å². The molecule has 10 aromatic rings. The Bertz CT molecular complexity index is 3390. The van der Waals surface area contributed by atoms with Crippen LogP contribution in [-0.2, 0) is 11.8 Å². The molecule has 0 bridgehead atoms. The zero-order chi connectivity index (χ0) is 40.8. The van der Waals surface area contributed by atoms with Crippen LogP contribution in [0.25, 0.3) is 55.8 Å². The summed E-state index contributed by atoms with van der Waals surface area (Å²) in [4.78, 5) is 4.99. The van der Waals surface area contributed by atoms with E-state index in [-0.39, 0.29) is 0 Å². The molecule has 1 atom stereocenters. The lowest BCUT2D eigenvalue weighted by atomic mass is 9.65. The van der Waals surface area contributed by atoms with E-state index in [1.165, 1.54) is 87.2 Å². The normalized spacial score (nSPS) is 13.9. The van der Waals surface area contributed by atoms with Crippen LogP contribution in [0, 0.1) is 12.1 Å². The summed E-state index contributed by atoms with van der Waals surface area (Å²) in [5.74, 6) is 0. The molecule has 2 heterocycles. The largest absolute Gasteiger partial charge is 0.310 e. The molecule has 1 aromatic heterocycles. The van der Waals surface area contributed by atoms with Crippen LogP contribution in [0.4, 0.5) is 17.1 Å². The first-order valence-electron chi connectivity index (χ1n) is 21.5. The van der Waals surface area contributed by atoms with Crippen molar-refractivity contribution in [3.05, 3.63) is 246 Å². The summed E-state index contributed by atoms with van der Waals surface area (Å²) < 4.78 is 2.39.